The lowest BCUT2D eigenvalue weighted by atomic mass is 10.1. The summed E-state index contributed by atoms with van der Waals surface area (Å²) in [7, 11) is 0. The molecule has 0 bridgehead atoms. The van der Waals surface area contributed by atoms with Gasteiger partial charge in [-0.15, -0.1) is 0 Å². The first-order valence-electron chi connectivity index (χ1n) is 6.98. The van der Waals surface area contributed by atoms with E-state index in [2.05, 4.69) is 18.8 Å². The SMILES string of the molecule is CCc1cc(C(=O)N(CC2CC2)C(C)C)cc(Cl)n1. The smallest absolute Gasteiger partial charge is 0.254 e. The summed E-state index contributed by atoms with van der Waals surface area (Å²) in [6.07, 6.45) is 3.27. The summed E-state index contributed by atoms with van der Waals surface area (Å²) in [5.74, 6) is 0.759. The molecule has 0 unspecified atom stereocenters. The second-order valence-corrected chi connectivity index (χ2v) is 5.91. The molecule has 104 valence electrons. The molecular formula is C15H21ClN2O. The third-order valence-corrected chi connectivity index (χ3v) is 3.69. The summed E-state index contributed by atoms with van der Waals surface area (Å²) in [6, 6.07) is 3.74. The minimum atomic E-state index is 0.0703. The number of carbonyl (C=O) groups is 1. The molecule has 1 aliphatic carbocycles. The van der Waals surface area contributed by atoms with E-state index < -0.39 is 0 Å². The van der Waals surface area contributed by atoms with Crippen LogP contribution >= 0.6 is 11.6 Å². The number of aromatic nitrogens is 1. The highest BCUT2D eigenvalue weighted by Crippen LogP contribution is 2.31. The van der Waals surface area contributed by atoms with E-state index in [1.54, 1.807) is 6.07 Å². The standard InChI is InChI=1S/C15H21ClN2O/c1-4-13-7-12(8-14(16)17-13)15(19)18(10(2)3)9-11-5-6-11/h7-8,10-11H,4-6,9H2,1-3H3. The van der Waals surface area contributed by atoms with Crippen LogP contribution in [0.3, 0.4) is 0 Å². The first-order valence-corrected chi connectivity index (χ1v) is 7.36. The van der Waals surface area contributed by atoms with E-state index in [0.717, 1.165) is 18.7 Å². The maximum Gasteiger partial charge on any atom is 0.254 e. The van der Waals surface area contributed by atoms with Crippen LogP contribution in [-0.2, 0) is 6.42 Å². The van der Waals surface area contributed by atoms with Crippen LogP contribution < -0.4 is 0 Å². The first-order chi connectivity index (χ1) is 9.01. The number of hydrogen-bond acceptors (Lipinski definition) is 2. The van der Waals surface area contributed by atoms with Crippen LogP contribution in [0.5, 0.6) is 0 Å². The van der Waals surface area contributed by atoms with Crippen molar-refractivity contribution in [3.63, 3.8) is 0 Å². The number of rotatable bonds is 5. The summed E-state index contributed by atoms with van der Waals surface area (Å²) in [5.41, 5.74) is 1.53. The van der Waals surface area contributed by atoms with Gasteiger partial charge in [-0.05, 0) is 51.2 Å². The minimum absolute atomic E-state index is 0.0703. The van der Waals surface area contributed by atoms with Crippen LogP contribution in [-0.4, -0.2) is 28.4 Å². The summed E-state index contributed by atoms with van der Waals surface area (Å²) in [5, 5.41) is 0.401. The van der Waals surface area contributed by atoms with Gasteiger partial charge in [-0.1, -0.05) is 18.5 Å². The van der Waals surface area contributed by atoms with Gasteiger partial charge in [-0.25, -0.2) is 4.98 Å². The Kier molecular flexibility index (Phi) is 4.46. The van der Waals surface area contributed by atoms with Crippen LogP contribution in [0.25, 0.3) is 0 Å². The van der Waals surface area contributed by atoms with Crippen molar-refractivity contribution in [2.75, 3.05) is 6.54 Å². The second kappa shape index (κ2) is 5.91. The maximum atomic E-state index is 12.6. The number of amides is 1. The molecule has 0 radical (unpaired) electrons. The fourth-order valence-corrected chi connectivity index (χ4v) is 2.35. The molecule has 19 heavy (non-hydrogen) atoms. The Bertz CT molecular complexity index is 469. The quantitative estimate of drug-likeness (QED) is 0.773. The number of hydrogen-bond donors (Lipinski definition) is 0. The minimum Gasteiger partial charge on any atom is -0.336 e. The molecule has 0 aromatic carbocycles. The van der Waals surface area contributed by atoms with E-state index in [1.807, 2.05) is 17.9 Å². The predicted molar refractivity (Wildman–Crippen MR) is 77.5 cm³/mol. The van der Waals surface area contributed by atoms with Gasteiger partial charge in [0, 0.05) is 23.8 Å². The average Bonchev–Trinajstić information content (AvgIpc) is 3.18. The van der Waals surface area contributed by atoms with E-state index in [-0.39, 0.29) is 11.9 Å². The third kappa shape index (κ3) is 3.69. The van der Waals surface area contributed by atoms with Crippen molar-refractivity contribution < 1.29 is 4.79 Å². The summed E-state index contributed by atoms with van der Waals surface area (Å²) in [4.78, 5) is 18.8. The van der Waals surface area contributed by atoms with Gasteiger partial charge in [0.15, 0.2) is 0 Å². The third-order valence-electron chi connectivity index (χ3n) is 3.49. The second-order valence-electron chi connectivity index (χ2n) is 5.52. The highest BCUT2D eigenvalue weighted by Gasteiger charge is 2.28. The Morgan fingerprint density at radius 3 is 2.68 bits per heavy atom. The molecular weight excluding hydrogens is 260 g/mol. The van der Waals surface area contributed by atoms with E-state index in [4.69, 9.17) is 11.6 Å². The zero-order chi connectivity index (χ0) is 14.0. The Hall–Kier alpha value is -1.09. The molecule has 0 saturated heterocycles. The zero-order valence-corrected chi connectivity index (χ0v) is 12.6. The van der Waals surface area contributed by atoms with Crippen LogP contribution in [0.4, 0.5) is 0 Å². The van der Waals surface area contributed by atoms with Gasteiger partial charge in [0.1, 0.15) is 5.15 Å². The van der Waals surface area contributed by atoms with E-state index in [0.29, 0.717) is 16.6 Å². The number of aryl methyl sites for hydroxylation is 1. The van der Waals surface area contributed by atoms with Gasteiger partial charge in [0.2, 0.25) is 0 Å². The van der Waals surface area contributed by atoms with Crippen molar-refractivity contribution in [3.8, 4) is 0 Å². The molecule has 3 nitrogen and oxygen atoms in total. The predicted octanol–water partition coefficient (Wildman–Crippen LogP) is 3.56. The van der Waals surface area contributed by atoms with Crippen LogP contribution in [0.15, 0.2) is 12.1 Å². The van der Waals surface area contributed by atoms with E-state index >= 15 is 0 Å². The largest absolute Gasteiger partial charge is 0.336 e. The van der Waals surface area contributed by atoms with Gasteiger partial charge >= 0.3 is 0 Å². The molecule has 4 heteroatoms. The molecule has 1 saturated carbocycles. The van der Waals surface area contributed by atoms with Crippen LogP contribution in [0.2, 0.25) is 5.15 Å². The Morgan fingerprint density at radius 1 is 1.47 bits per heavy atom. The van der Waals surface area contributed by atoms with E-state index in [1.165, 1.54) is 12.8 Å². The Morgan fingerprint density at radius 2 is 2.16 bits per heavy atom. The van der Waals surface area contributed by atoms with E-state index in [9.17, 15) is 4.79 Å². The molecule has 0 atom stereocenters. The van der Waals surface area contributed by atoms with Crippen molar-refractivity contribution in [3.05, 3.63) is 28.5 Å². The average molecular weight is 281 g/mol. The topological polar surface area (TPSA) is 33.2 Å². The van der Waals surface area contributed by atoms with Crippen LogP contribution in [0.1, 0.15) is 49.7 Å². The fraction of sp³-hybridized carbons (Fsp3) is 0.600. The fourth-order valence-electron chi connectivity index (χ4n) is 2.13. The number of pyridine rings is 1. The monoisotopic (exact) mass is 280 g/mol. The summed E-state index contributed by atoms with van der Waals surface area (Å²) >= 11 is 5.99. The van der Waals surface area contributed by atoms with Gasteiger partial charge in [0.05, 0.1) is 0 Å². The number of halogens is 1. The van der Waals surface area contributed by atoms with Gasteiger partial charge in [0.25, 0.3) is 5.91 Å². The molecule has 1 aromatic rings. The molecule has 0 N–H and O–H groups in total. The number of carbonyl (C=O) groups excluding carboxylic acids is 1. The lowest BCUT2D eigenvalue weighted by Gasteiger charge is -2.27. The first kappa shape index (κ1) is 14.3. The van der Waals surface area contributed by atoms with Gasteiger partial charge in [-0.3, -0.25) is 4.79 Å². The molecule has 0 aliphatic heterocycles. The lowest BCUT2D eigenvalue weighted by molar-refractivity contribution is 0.0696. The molecule has 0 spiro atoms. The van der Waals surface area contributed by atoms with Crippen molar-refractivity contribution in [1.29, 1.82) is 0 Å². The summed E-state index contributed by atoms with van der Waals surface area (Å²) < 4.78 is 0. The van der Waals surface area contributed by atoms with Crippen LogP contribution in [0, 0.1) is 5.92 Å². The maximum absolute atomic E-state index is 12.6. The molecule has 1 heterocycles. The van der Waals surface area contributed by atoms with Crippen molar-refractivity contribution >= 4 is 17.5 Å². The molecule has 1 fully saturated rings. The number of nitrogens with zero attached hydrogens (tertiary/aromatic N) is 2. The van der Waals surface area contributed by atoms with Crippen molar-refractivity contribution in [1.82, 2.24) is 9.88 Å². The van der Waals surface area contributed by atoms with Gasteiger partial charge in [-0.2, -0.15) is 0 Å². The normalized spacial score (nSPS) is 14.8. The van der Waals surface area contributed by atoms with Crippen molar-refractivity contribution in [2.45, 2.75) is 46.1 Å². The molecule has 2 rings (SSSR count). The molecule has 1 amide bonds. The zero-order valence-electron chi connectivity index (χ0n) is 11.8. The Labute approximate surface area is 120 Å². The van der Waals surface area contributed by atoms with Gasteiger partial charge < -0.3 is 4.90 Å². The highest BCUT2D eigenvalue weighted by atomic mass is 35.5. The highest BCUT2D eigenvalue weighted by molar-refractivity contribution is 6.29. The van der Waals surface area contributed by atoms with Crippen molar-refractivity contribution in [2.24, 2.45) is 5.92 Å². The lowest BCUT2D eigenvalue weighted by Crippen LogP contribution is -2.38. The molecule has 1 aliphatic rings. The molecule has 1 aromatic heterocycles. The Balaban J connectivity index is 2.22. The summed E-state index contributed by atoms with van der Waals surface area (Å²) in [6.45, 7) is 6.99.